The Kier molecular flexibility index (Phi) is 5.29. The molecule has 1 aromatic carbocycles. The Morgan fingerprint density at radius 1 is 1.22 bits per heavy atom. The molecule has 4 rings (SSSR count). The molecule has 1 atom stereocenters. The van der Waals surface area contributed by atoms with E-state index in [4.69, 9.17) is 4.74 Å². The Hall–Kier alpha value is -2.93. The standard InChI is InChI=1S/C20H20N4O2S/c25-19(23-14-16-6-4-11-24(16)20-22-10-12-27-20)15-5-3-7-17(13-15)26-18-8-1-2-9-21-18/h1-3,5,7-10,12-13,16H,4,6,11,14H2,(H,23,25). The maximum Gasteiger partial charge on any atom is 0.251 e. The average molecular weight is 380 g/mol. The molecule has 0 aliphatic carbocycles. The average Bonchev–Trinajstić information content (AvgIpc) is 3.38. The monoisotopic (exact) mass is 380 g/mol. The number of anilines is 1. The number of hydrogen-bond acceptors (Lipinski definition) is 6. The molecule has 2 aromatic heterocycles. The van der Waals surface area contributed by atoms with Crippen molar-refractivity contribution in [3.05, 3.63) is 65.8 Å². The molecular weight excluding hydrogens is 360 g/mol. The minimum Gasteiger partial charge on any atom is -0.439 e. The molecule has 1 N–H and O–H groups in total. The van der Waals surface area contributed by atoms with Crippen molar-refractivity contribution >= 4 is 22.4 Å². The molecule has 1 aliphatic rings. The van der Waals surface area contributed by atoms with Crippen LogP contribution in [0.4, 0.5) is 5.13 Å². The van der Waals surface area contributed by atoms with Gasteiger partial charge in [0.2, 0.25) is 5.88 Å². The first-order valence-corrected chi connectivity index (χ1v) is 9.81. The van der Waals surface area contributed by atoms with Crippen LogP contribution in [0, 0.1) is 0 Å². The summed E-state index contributed by atoms with van der Waals surface area (Å²) in [6.45, 7) is 1.59. The van der Waals surface area contributed by atoms with Crippen molar-refractivity contribution in [2.45, 2.75) is 18.9 Å². The quantitative estimate of drug-likeness (QED) is 0.706. The number of aromatic nitrogens is 2. The lowest BCUT2D eigenvalue weighted by atomic mass is 10.2. The van der Waals surface area contributed by atoms with Gasteiger partial charge in [0.15, 0.2) is 5.13 Å². The number of thiazole rings is 1. The number of ether oxygens (including phenoxy) is 1. The number of carbonyl (C=O) groups excluding carboxylic acids is 1. The lowest BCUT2D eigenvalue weighted by Crippen LogP contribution is -2.40. The number of nitrogens with zero attached hydrogens (tertiary/aromatic N) is 3. The second kappa shape index (κ2) is 8.18. The first kappa shape index (κ1) is 17.5. The largest absolute Gasteiger partial charge is 0.439 e. The van der Waals surface area contributed by atoms with Crippen LogP contribution in [0.2, 0.25) is 0 Å². The third-order valence-electron chi connectivity index (χ3n) is 4.50. The topological polar surface area (TPSA) is 67.4 Å². The van der Waals surface area contributed by atoms with Crippen LogP contribution in [0.5, 0.6) is 11.6 Å². The van der Waals surface area contributed by atoms with Crippen molar-refractivity contribution in [3.8, 4) is 11.6 Å². The van der Waals surface area contributed by atoms with Gasteiger partial charge >= 0.3 is 0 Å². The molecule has 0 spiro atoms. The molecule has 1 unspecified atom stereocenters. The summed E-state index contributed by atoms with van der Waals surface area (Å²) < 4.78 is 5.71. The van der Waals surface area contributed by atoms with Gasteiger partial charge in [0.1, 0.15) is 5.75 Å². The zero-order chi connectivity index (χ0) is 18.5. The van der Waals surface area contributed by atoms with Gasteiger partial charge in [-0.3, -0.25) is 4.79 Å². The third-order valence-corrected chi connectivity index (χ3v) is 5.31. The summed E-state index contributed by atoms with van der Waals surface area (Å²) in [4.78, 5) is 23.4. The zero-order valence-corrected chi connectivity index (χ0v) is 15.6. The second-order valence-electron chi connectivity index (χ2n) is 6.31. The van der Waals surface area contributed by atoms with Gasteiger partial charge in [-0.2, -0.15) is 0 Å². The van der Waals surface area contributed by atoms with Crippen LogP contribution in [-0.4, -0.2) is 35.0 Å². The van der Waals surface area contributed by atoms with Gasteiger partial charge in [-0.25, -0.2) is 9.97 Å². The predicted octanol–water partition coefficient (Wildman–Crippen LogP) is 3.73. The lowest BCUT2D eigenvalue weighted by Gasteiger charge is -2.24. The van der Waals surface area contributed by atoms with Crippen molar-refractivity contribution < 1.29 is 9.53 Å². The number of pyridine rings is 1. The molecule has 3 aromatic rings. The van der Waals surface area contributed by atoms with E-state index >= 15 is 0 Å². The summed E-state index contributed by atoms with van der Waals surface area (Å²) in [5.74, 6) is 0.985. The van der Waals surface area contributed by atoms with E-state index in [0.29, 0.717) is 23.7 Å². The van der Waals surface area contributed by atoms with Crippen LogP contribution in [-0.2, 0) is 0 Å². The van der Waals surface area contributed by atoms with Gasteiger partial charge < -0.3 is 15.0 Å². The fraction of sp³-hybridized carbons (Fsp3) is 0.250. The Labute approximate surface area is 161 Å². The molecule has 6 nitrogen and oxygen atoms in total. The van der Waals surface area contributed by atoms with E-state index in [9.17, 15) is 4.79 Å². The van der Waals surface area contributed by atoms with E-state index < -0.39 is 0 Å². The van der Waals surface area contributed by atoms with E-state index in [2.05, 4.69) is 20.2 Å². The summed E-state index contributed by atoms with van der Waals surface area (Å²) in [5.41, 5.74) is 0.572. The van der Waals surface area contributed by atoms with Gasteiger partial charge in [-0.05, 0) is 37.1 Å². The molecule has 1 amide bonds. The van der Waals surface area contributed by atoms with Gasteiger partial charge in [0, 0.05) is 48.5 Å². The SMILES string of the molecule is O=C(NCC1CCCN1c1nccs1)c1cccc(Oc2ccccn2)c1. The maximum absolute atomic E-state index is 12.6. The molecule has 3 heterocycles. The van der Waals surface area contributed by atoms with E-state index in [1.54, 1.807) is 35.7 Å². The Balaban J connectivity index is 1.38. The molecule has 7 heteroatoms. The highest BCUT2D eigenvalue weighted by Crippen LogP contribution is 2.27. The van der Waals surface area contributed by atoms with Crippen LogP contribution in [0.25, 0.3) is 0 Å². The summed E-state index contributed by atoms with van der Waals surface area (Å²) >= 11 is 1.64. The Bertz CT molecular complexity index is 886. The summed E-state index contributed by atoms with van der Waals surface area (Å²) in [5, 5.41) is 6.06. The number of nitrogens with one attached hydrogen (secondary N) is 1. The Morgan fingerprint density at radius 3 is 3.00 bits per heavy atom. The predicted molar refractivity (Wildman–Crippen MR) is 106 cm³/mol. The highest BCUT2D eigenvalue weighted by Gasteiger charge is 2.26. The van der Waals surface area contributed by atoms with Crippen LogP contribution < -0.4 is 15.0 Å². The first-order valence-electron chi connectivity index (χ1n) is 8.93. The fourth-order valence-electron chi connectivity index (χ4n) is 3.20. The van der Waals surface area contributed by atoms with Gasteiger partial charge in [0.05, 0.1) is 0 Å². The van der Waals surface area contributed by atoms with Crippen molar-refractivity contribution in [2.75, 3.05) is 18.0 Å². The molecule has 1 saturated heterocycles. The van der Waals surface area contributed by atoms with Crippen LogP contribution in [0.1, 0.15) is 23.2 Å². The number of amides is 1. The van der Waals surface area contributed by atoms with E-state index in [0.717, 1.165) is 24.5 Å². The third kappa shape index (κ3) is 4.25. The summed E-state index contributed by atoms with van der Waals surface area (Å²) in [6, 6.07) is 12.9. The summed E-state index contributed by atoms with van der Waals surface area (Å²) in [7, 11) is 0. The number of carbonyl (C=O) groups is 1. The number of hydrogen-bond donors (Lipinski definition) is 1. The van der Waals surface area contributed by atoms with Gasteiger partial charge in [-0.1, -0.05) is 12.1 Å². The summed E-state index contributed by atoms with van der Waals surface area (Å²) in [6.07, 6.45) is 5.67. The van der Waals surface area contributed by atoms with Gasteiger partial charge in [-0.15, -0.1) is 11.3 Å². The van der Waals surface area contributed by atoms with Crippen molar-refractivity contribution in [1.82, 2.24) is 15.3 Å². The highest BCUT2D eigenvalue weighted by atomic mass is 32.1. The second-order valence-corrected chi connectivity index (χ2v) is 7.19. The fourth-order valence-corrected chi connectivity index (χ4v) is 3.94. The molecular formula is C20H20N4O2S. The molecule has 0 saturated carbocycles. The minimum absolute atomic E-state index is 0.104. The first-order chi connectivity index (χ1) is 13.3. The van der Waals surface area contributed by atoms with Crippen LogP contribution in [0.3, 0.4) is 0 Å². The molecule has 1 fully saturated rings. The molecule has 138 valence electrons. The minimum atomic E-state index is -0.104. The smallest absolute Gasteiger partial charge is 0.251 e. The van der Waals surface area contributed by atoms with E-state index in [-0.39, 0.29) is 11.9 Å². The van der Waals surface area contributed by atoms with Crippen molar-refractivity contribution in [3.63, 3.8) is 0 Å². The molecule has 0 radical (unpaired) electrons. The number of rotatable bonds is 6. The molecule has 27 heavy (non-hydrogen) atoms. The maximum atomic E-state index is 12.6. The zero-order valence-electron chi connectivity index (χ0n) is 14.7. The molecule has 0 bridgehead atoms. The lowest BCUT2D eigenvalue weighted by molar-refractivity contribution is 0.0951. The van der Waals surface area contributed by atoms with Crippen LogP contribution >= 0.6 is 11.3 Å². The number of benzene rings is 1. The van der Waals surface area contributed by atoms with Crippen molar-refractivity contribution in [1.29, 1.82) is 0 Å². The van der Waals surface area contributed by atoms with Crippen LogP contribution in [0.15, 0.2) is 60.2 Å². The molecule has 1 aliphatic heterocycles. The normalized spacial score (nSPS) is 16.3. The Morgan fingerprint density at radius 2 is 2.19 bits per heavy atom. The van der Waals surface area contributed by atoms with E-state index in [1.165, 1.54) is 0 Å². The highest BCUT2D eigenvalue weighted by molar-refractivity contribution is 7.13. The van der Waals surface area contributed by atoms with E-state index in [1.807, 2.05) is 35.8 Å². The van der Waals surface area contributed by atoms with Gasteiger partial charge in [0.25, 0.3) is 5.91 Å². The van der Waals surface area contributed by atoms with Crippen molar-refractivity contribution in [2.24, 2.45) is 0 Å².